The Bertz CT molecular complexity index is 1150. The Labute approximate surface area is 195 Å². The molecule has 0 aromatic heterocycles. The number of hydrogen-bond acceptors (Lipinski definition) is 4. The molecule has 0 aliphatic rings. The molecule has 1 N–H and O–H groups in total. The number of para-hydroxylation sites is 1. The minimum Gasteiger partial charge on any atom is -0.478 e. The lowest BCUT2D eigenvalue weighted by Gasteiger charge is -2.22. The fraction of sp³-hybridized carbons (Fsp3) is 0.120. The third-order valence-electron chi connectivity index (χ3n) is 4.49. The summed E-state index contributed by atoms with van der Waals surface area (Å²) in [7, 11) is 0. The van der Waals surface area contributed by atoms with Crippen LogP contribution < -0.4 is 9.47 Å². The summed E-state index contributed by atoms with van der Waals surface area (Å²) >= 11 is 12.5. The lowest BCUT2D eigenvalue weighted by molar-refractivity contribution is -0.152. The van der Waals surface area contributed by atoms with E-state index in [2.05, 4.69) is 0 Å². The van der Waals surface area contributed by atoms with Crippen LogP contribution in [0.4, 0.5) is 0 Å². The summed E-state index contributed by atoms with van der Waals surface area (Å²) in [6, 6.07) is 19.2. The summed E-state index contributed by atoms with van der Waals surface area (Å²) in [5, 5.41) is 9.43. The van der Waals surface area contributed by atoms with Gasteiger partial charge in [-0.25, -0.2) is 4.79 Å². The standard InChI is InChI=1S/C25H20Cl2O5/c1-25(2,24(29)30)32-21-15-11-17(22(26)23(21)27)10-14-20(28)16-8-12-19(13-9-16)31-18-6-4-3-5-7-18/h3-15H,1-2H3,(H,29,30)/b14-10+. The number of ketones is 1. The third kappa shape index (κ3) is 5.69. The Hall–Kier alpha value is -3.28. The lowest BCUT2D eigenvalue weighted by Crippen LogP contribution is -2.37. The molecule has 0 bridgehead atoms. The number of halogens is 2. The Morgan fingerprint density at radius 3 is 2.12 bits per heavy atom. The minimum absolute atomic E-state index is 0.0676. The van der Waals surface area contributed by atoms with Crippen molar-refractivity contribution in [1.29, 1.82) is 0 Å². The minimum atomic E-state index is -1.48. The van der Waals surface area contributed by atoms with Crippen molar-refractivity contribution in [2.45, 2.75) is 19.4 Å². The van der Waals surface area contributed by atoms with Crippen molar-refractivity contribution in [3.8, 4) is 17.2 Å². The summed E-state index contributed by atoms with van der Waals surface area (Å²) in [6.45, 7) is 2.81. The summed E-state index contributed by atoms with van der Waals surface area (Å²) in [6.07, 6.45) is 2.92. The van der Waals surface area contributed by atoms with E-state index in [4.69, 9.17) is 32.7 Å². The van der Waals surface area contributed by atoms with E-state index in [1.165, 1.54) is 32.1 Å². The van der Waals surface area contributed by atoms with Crippen molar-refractivity contribution in [1.82, 2.24) is 0 Å². The van der Waals surface area contributed by atoms with E-state index in [1.54, 1.807) is 30.3 Å². The Kier molecular flexibility index (Phi) is 7.23. The number of rotatable bonds is 8. The monoisotopic (exact) mass is 470 g/mol. The summed E-state index contributed by atoms with van der Waals surface area (Å²) in [4.78, 5) is 23.8. The molecule has 0 atom stereocenters. The van der Waals surface area contributed by atoms with Gasteiger partial charge in [-0.3, -0.25) is 4.79 Å². The highest BCUT2D eigenvalue weighted by Crippen LogP contribution is 2.37. The van der Waals surface area contributed by atoms with Crippen molar-refractivity contribution < 1.29 is 24.2 Å². The Morgan fingerprint density at radius 2 is 1.50 bits per heavy atom. The summed E-state index contributed by atoms with van der Waals surface area (Å²) < 4.78 is 11.2. The molecule has 5 nitrogen and oxygen atoms in total. The van der Waals surface area contributed by atoms with Gasteiger partial charge in [0.05, 0.1) is 5.02 Å². The highest BCUT2D eigenvalue weighted by molar-refractivity contribution is 6.43. The first-order valence-corrected chi connectivity index (χ1v) is 10.4. The van der Waals surface area contributed by atoms with Crippen LogP contribution in [0, 0.1) is 0 Å². The second-order valence-electron chi connectivity index (χ2n) is 7.34. The second-order valence-corrected chi connectivity index (χ2v) is 8.09. The van der Waals surface area contributed by atoms with Crippen molar-refractivity contribution in [3.05, 3.63) is 94.0 Å². The zero-order valence-corrected chi connectivity index (χ0v) is 18.9. The molecule has 0 fully saturated rings. The van der Waals surface area contributed by atoms with Crippen LogP contribution in [-0.2, 0) is 4.79 Å². The molecule has 0 unspecified atom stereocenters. The maximum atomic E-state index is 12.5. The van der Waals surface area contributed by atoms with Gasteiger partial charge >= 0.3 is 5.97 Å². The number of ether oxygens (including phenoxy) is 2. The predicted octanol–water partition coefficient (Wildman–Crippen LogP) is 6.92. The number of benzene rings is 3. The van der Waals surface area contributed by atoms with Crippen LogP contribution >= 0.6 is 23.2 Å². The number of carbonyl (C=O) groups excluding carboxylic acids is 1. The predicted molar refractivity (Wildman–Crippen MR) is 125 cm³/mol. The van der Waals surface area contributed by atoms with E-state index < -0.39 is 11.6 Å². The second kappa shape index (κ2) is 9.90. The molecule has 0 amide bonds. The fourth-order valence-corrected chi connectivity index (χ4v) is 3.08. The van der Waals surface area contributed by atoms with Crippen LogP contribution in [0.3, 0.4) is 0 Å². The highest BCUT2D eigenvalue weighted by atomic mass is 35.5. The first-order valence-electron chi connectivity index (χ1n) is 9.63. The van der Waals surface area contributed by atoms with Gasteiger partial charge < -0.3 is 14.6 Å². The summed E-state index contributed by atoms with van der Waals surface area (Å²) in [5.41, 5.74) is -0.502. The van der Waals surface area contributed by atoms with Crippen LogP contribution in [0.15, 0.2) is 72.8 Å². The van der Waals surface area contributed by atoms with E-state index >= 15 is 0 Å². The van der Waals surface area contributed by atoms with E-state index in [1.807, 2.05) is 30.3 Å². The van der Waals surface area contributed by atoms with Gasteiger partial charge in [0.2, 0.25) is 0 Å². The number of allylic oxidation sites excluding steroid dienone is 1. The van der Waals surface area contributed by atoms with E-state index in [-0.39, 0.29) is 21.6 Å². The zero-order chi connectivity index (χ0) is 23.3. The van der Waals surface area contributed by atoms with Crippen LogP contribution in [0.25, 0.3) is 6.08 Å². The lowest BCUT2D eigenvalue weighted by atomic mass is 10.1. The Morgan fingerprint density at radius 1 is 0.875 bits per heavy atom. The van der Waals surface area contributed by atoms with Crippen LogP contribution in [0.1, 0.15) is 29.8 Å². The molecule has 164 valence electrons. The van der Waals surface area contributed by atoms with Crippen LogP contribution in [-0.4, -0.2) is 22.5 Å². The van der Waals surface area contributed by atoms with Gasteiger partial charge in [0, 0.05) is 5.56 Å². The highest BCUT2D eigenvalue weighted by Gasteiger charge is 2.30. The molecule has 0 aliphatic carbocycles. The molecule has 32 heavy (non-hydrogen) atoms. The maximum absolute atomic E-state index is 12.5. The largest absolute Gasteiger partial charge is 0.478 e. The number of aliphatic carboxylic acids is 1. The van der Waals surface area contributed by atoms with Gasteiger partial charge in [0.25, 0.3) is 0 Å². The Balaban J connectivity index is 1.71. The van der Waals surface area contributed by atoms with E-state index in [9.17, 15) is 14.7 Å². The van der Waals surface area contributed by atoms with Crippen molar-refractivity contribution in [2.24, 2.45) is 0 Å². The molecular weight excluding hydrogens is 451 g/mol. The summed E-state index contributed by atoms with van der Waals surface area (Å²) in [5.74, 6) is 0.0976. The number of carboxylic acid groups (broad SMARTS) is 1. The van der Waals surface area contributed by atoms with Crippen molar-refractivity contribution in [2.75, 3.05) is 0 Å². The average molecular weight is 471 g/mol. The first kappa shape index (κ1) is 23.4. The smallest absolute Gasteiger partial charge is 0.347 e. The topological polar surface area (TPSA) is 72.8 Å². The van der Waals surface area contributed by atoms with Gasteiger partial charge in [-0.15, -0.1) is 0 Å². The van der Waals surface area contributed by atoms with Crippen LogP contribution in [0.2, 0.25) is 10.0 Å². The molecule has 0 spiro atoms. The van der Waals surface area contributed by atoms with Crippen molar-refractivity contribution >= 4 is 41.0 Å². The first-order chi connectivity index (χ1) is 15.2. The maximum Gasteiger partial charge on any atom is 0.347 e. The fourth-order valence-electron chi connectivity index (χ4n) is 2.65. The van der Waals surface area contributed by atoms with Crippen molar-refractivity contribution in [3.63, 3.8) is 0 Å². The number of carboxylic acids is 1. The molecule has 3 aromatic rings. The molecule has 3 rings (SSSR count). The van der Waals surface area contributed by atoms with Gasteiger partial charge in [-0.05, 0) is 80.1 Å². The number of hydrogen-bond donors (Lipinski definition) is 1. The van der Waals surface area contributed by atoms with Gasteiger partial charge in [-0.1, -0.05) is 41.4 Å². The van der Waals surface area contributed by atoms with Gasteiger partial charge in [0.15, 0.2) is 11.4 Å². The van der Waals surface area contributed by atoms with Crippen LogP contribution in [0.5, 0.6) is 17.2 Å². The van der Waals surface area contributed by atoms with E-state index in [0.29, 0.717) is 22.6 Å². The van der Waals surface area contributed by atoms with Gasteiger partial charge in [-0.2, -0.15) is 0 Å². The van der Waals surface area contributed by atoms with E-state index in [0.717, 1.165) is 0 Å². The SMILES string of the molecule is CC(C)(Oc1ccc(/C=C/C(=O)c2ccc(Oc3ccccc3)cc2)c(Cl)c1Cl)C(=O)O. The molecular formula is C25H20Cl2O5. The molecule has 0 aliphatic heterocycles. The molecule has 0 saturated heterocycles. The third-order valence-corrected chi connectivity index (χ3v) is 5.37. The number of carbonyl (C=O) groups is 2. The molecule has 0 saturated carbocycles. The normalized spacial score (nSPS) is 11.4. The molecule has 0 heterocycles. The quantitative estimate of drug-likeness (QED) is 0.285. The average Bonchev–Trinajstić information content (AvgIpc) is 2.77. The molecule has 0 radical (unpaired) electrons. The zero-order valence-electron chi connectivity index (χ0n) is 17.3. The molecule has 3 aromatic carbocycles. The molecule has 7 heteroatoms. The van der Waals surface area contributed by atoms with Gasteiger partial charge in [0.1, 0.15) is 22.3 Å².